The van der Waals surface area contributed by atoms with Crippen LogP contribution in [0.5, 0.6) is 0 Å². The van der Waals surface area contributed by atoms with Crippen molar-refractivity contribution in [1.29, 1.82) is 0 Å². The third kappa shape index (κ3) is 3.58. The zero-order valence-electron chi connectivity index (χ0n) is 4.59. The average molecular weight is 118 g/mol. The first-order valence-corrected chi connectivity index (χ1v) is 2.37. The smallest absolute Gasteiger partial charge is 0.308 e. The van der Waals surface area contributed by atoms with E-state index >= 15 is 0 Å². The first-order chi connectivity index (χ1) is 3.81. The summed E-state index contributed by atoms with van der Waals surface area (Å²) < 4.78 is 4.34. The second-order valence-electron chi connectivity index (χ2n) is 1.22. The normalized spacial score (nSPS) is 8.75. The maximum absolute atomic E-state index is 10.3. The van der Waals surface area contributed by atoms with Gasteiger partial charge in [0.25, 0.3) is 0 Å². The molecule has 8 heavy (non-hydrogen) atoms. The molecule has 0 amide bonds. The van der Waals surface area contributed by atoms with E-state index in [-0.39, 0.29) is 19.1 Å². The van der Waals surface area contributed by atoms with Crippen molar-refractivity contribution in [2.24, 2.45) is 11.5 Å². The highest BCUT2D eigenvalue weighted by Crippen LogP contribution is 1.78. The third-order valence-electron chi connectivity index (χ3n) is 0.593. The summed E-state index contributed by atoms with van der Waals surface area (Å²) >= 11 is 0. The molecule has 0 aliphatic carbocycles. The highest BCUT2D eigenvalue weighted by Gasteiger charge is 1.95. The first-order valence-electron chi connectivity index (χ1n) is 2.37. The minimum absolute atomic E-state index is 0.0567. The summed E-state index contributed by atoms with van der Waals surface area (Å²) in [5.41, 5.74) is 9.89. The molecular formula is C4H10N2O2. The van der Waals surface area contributed by atoms with Crippen LogP contribution in [0.1, 0.15) is 6.42 Å². The van der Waals surface area contributed by atoms with E-state index in [9.17, 15) is 4.79 Å². The molecule has 0 aromatic carbocycles. The van der Waals surface area contributed by atoms with Gasteiger partial charge in [0.2, 0.25) is 0 Å². The Morgan fingerprint density at radius 1 is 1.50 bits per heavy atom. The van der Waals surface area contributed by atoms with Crippen LogP contribution in [0, 0.1) is 0 Å². The lowest BCUT2D eigenvalue weighted by Gasteiger charge is -1.96. The Labute approximate surface area is 47.8 Å². The number of carbonyl (C=O) groups excluding carboxylic acids is 1. The number of carbonyl (C=O) groups is 1. The fraction of sp³-hybridized carbons (Fsp3) is 0.750. The van der Waals surface area contributed by atoms with Crippen molar-refractivity contribution in [1.82, 2.24) is 0 Å². The summed E-state index contributed by atoms with van der Waals surface area (Å²) in [5, 5.41) is 0. The molecule has 4 nitrogen and oxygen atoms in total. The highest BCUT2D eigenvalue weighted by atomic mass is 16.5. The topological polar surface area (TPSA) is 78.3 Å². The van der Waals surface area contributed by atoms with Gasteiger partial charge in [-0.3, -0.25) is 10.5 Å². The van der Waals surface area contributed by atoms with Crippen LogP contribution < -0.4 is 11.5 Å². The van der Waals surface area contributed by atoms with Crippen molar-refractivity contribution < 1.29 is 9.53 Å². The van der Waals surface area contributed by atoms with Crippen LogP contribution in [0.15, 0.2) is 0 Å². The quantitative estimate of drug-likeness (QED) is 0.360. The van der Waals surface area contributed by atoms with Gasteiger partial charge in [-0.1, -0.05) is 0 Å². The van der Waals surface area contributed by atoms with Gasteiger partial charge in [0, 0.05) is 6.54 Å². The van der Waals surface area contributed by atoms with E-state index < -0.39 is 0 Å². The minimum atomic E-state index is -0.338. The Morgan fingerprint density at radius 3 is 2.50 bits per heavy atom. The molecular weight excluding hydrogens is 108 g/mol. The van der Waals surface area contributed by atoms with Gasteiger partial charge in [-0.15, -0.1) is 0 Å². The number of ether oxygens (including phenoxy) is 1. The van der Waals surface area contributed by atoms with Crippen LogP contribution >= 0.6 is 0 Å². The fourth-order valence-corrected chi connectivity index (χ4v) is 0.283. The Bertz CT molecular complexity index is 66.4. The maximum Gasteiger partial charge on any atom is 0.308 e. The molecule has 0 radical (unpaired) electrons. The highest BCUT2D eigenvalue weighted by molar-refractivity contribution is 5.69. The van der Waals surface area contributed by atoms with Crippen LogP contribution in [0.4, 0.5) is 0 Å². The van der Waals surface area contributed by atoms with E-state index in [0.29, 0.717) is 6.54 Å². The van der Waals surface area contributed by atoms with E-state index in [1.54, 1.807) is 0 Å². The number of hydrogen-bond acceptors (Lipinski definition) is 4. The lowest BCUT2D eigenvalue weighted by molar-refractivity contribution is -0.143. The number of rotatable bonds is 3. The summed E-state index contributed by atoms with van der Waals surface area (Å²) in [6, 6.07) is 0. The van der Waals surface area contributed by atoms with Gasteiger partial charge in [-0.05, 0) is 0 Å². The van der Waals surface area contributed by atoms with Crippen molar-refractivity contribution in [3.63, 3.8) is 0 Å². The molecule has 4 N–H and O–H groups in total. The van der Waals surface area contributed by atoms with Crippen LogP contribution in [-0.2, 0) is 9.53 Å². The molecule has 0 saturated carbocycles. The van der Waals surface area contributed by atoms with E-state index in [4.69, 9.17) is 11.5 Å². The Morgan fingerprint density at radius 2 is 2.12 bits per heavy atom. The zero-order chi connectivity index (χ0) is 6.41. The molecule has 0 bridgehead atoms. The molecule has 48 valence electrons. The average Bonchev–Trinajstić information content (AvgIpc) is 1.68. The van der Waals surface area contributed by atoms with Crippen molar-refractivity contribution in [2.45, 2.75) is 6.42 Å². The van der Waals surface area contributed by atoms with Crippen molar-refractivity contribution >= 4 is 5.97 Å². The SMILES string of the molecule is NCCC(=O)OCN. The molecule has 0 fully saturated rings. The predicted molar refractivity (Wildman–Crippen MR) is 28.8 cm³/mol. The molecule has 0 aromatic rings. The van der Waals surface area contributed by atoms with Gasteiger partial charge in [0.05, 0.1) is 6.42 Å². The number of esters is 1. The molecule has 4 heteroatoms. The largest absolute Gasteiger partial charge is 0.450 e. The van der Waals surface area contributed by atoms with Crippen LogP contribution in [-0.4, -0.2) is 19.2 Å². The van der Waals surface area contributed by atoms with E-state index in [1.807, 2.05) is 0 Å². The predicted octanol–water partition coefficient (Wildman–Crippen LogP) is -1.21. The van der Waals surface area contributed by atoms with Gasteiger partial charge in [0.15, 0.2) is 0 Å². The lowest BCUT2D eigenvalue weighted by atomic mass is 10.4. The van der Waals surface area contributed by atoms with Gasteiger partial charge >= 0.3 is 5.97 Å². The molecule has 0 aromatic heterocycles. The second-order valence-corrected chi connectivity index (χ2v) is 1.22. The monoisotopic (exact) mass is 118 g/mol. The number of hydrogen-bond donors (Lipinski definition) is 2. The fourth-order valence-electron chi connectivity index (χ4n) is 0.283. The lowest BCUT2D eigenvalue weighted by Crippen LogP contribution is -2.15. The van der Waals surface area contributed by atoms with Crippen molar-refractivity contribution in [3.8, 4) is 0 Å². The van der Waals surface area contributed by atoms with Crippen molar-refractivity contribution in [3.05, 3.63) is 0 Å². The minimum Gasteiger partial charge on any atom is -0.450 e. The molecule has 0 heterocycles. The maximum atomic E-state index is 10.3. The molecule has 0 rings (SSSR count). The summed E-state index contributed by atoms with van der Waals surface area (Å²) in [6.45, 7) is 0.262. The molecule has 0 unspecified atom stereocenters. The van der Waals surface area contributed by atoms with Crippen LogP contribution in [0.3, 0.4) is 0 Å². The standard InChI is InChI=1S/C4H10N2O2/c5-2-1-4(7)8-3-6/h1-3,5-6H2. The van der Waals surface area contributed by atoms with Gasteiger partial charge in [-0.25, -0.2) is 0 Å². The molecule has 0 aliphatic heterocycles. The van der Waals surface area contributed by atoms with Gasteiger partial charge < -0.3 is 10.5 Å². The van der Waals surface area contributed by atoms with E-state index in [2.05, 4.69) is 4.74 Å². The van der Waals surface area contributed by atoms with Crippen molar-refractivity contribution in [2.75, 3.05) is 13.3 Å². The molecule has 0 spiro atoms. The second kappa shape index (κ2) is 4.55. The van der Waals surface area contributed by atoms with Crippen LogP contribution in [0.25, 0.3) is 0 Å². The Kier molecular flexibility index (Phi) is 4.20. The van der Waals surface area contributed by atoms with Crippen LogP contribution in [0.2, 0.25) is 0 Å². The van der Waals surface area contributed by atoms with Gasteiger partial charge in [0.1, 0.15) is 6.73 Å². The summed E-state index contributed by atoms with van der Waals surface area (Å²) in [7, 11) is 0. The third-order valence-corrected chi connectivity index (χ3v) is 0.593. The number of nitrogens with two attached hydrogens (primary N) is 2. The first kappa shape index (κ1) is 7.39. The Hall–Kier alpha value is -0.610. The Balaban J connectivity index is 3.06. The van der Waals surface area contributed by atoms with Gasteiger partial charge in [-0.2, -0.15) is 0 Å². The molecule has 0 aliphatic rings. The molecule has 0 atom stereocenters. The zero-order valence-corrected chi connectivity index (χ0v) is 4.59. The molecule has 0 saturated heterocycles. The van der Waals surface area contributed by atoms with E-state index in [0.717, 1.165) is 0 Å². The summed E-state index contributed by atoms with van der Waals surface area (Å²) in [6.07, 6.45) is 0.247. The van der Waals surface area contributed by atoms with E-state index in [1.165, 1.54) is 0 Å². The summed E-state index contributed by atoms with van der Waals surface area (Å²) in [5.74, 6) is -0.338. The summed E-state index contributed by atoms with van der Waals surface area (Å²) in [4.78, 5) is 10.3.